The predicted molar refractivity (Wildman–Crippen MR) is 70.2 cm³/mol. The molecule has 2 aliphatic carbocycles. The first-order valence-electron chi connectivity index (χ1n) is 6.94. The fourth-order valence-corrected chi connectivity index (χ4v) is 4.08. The summed E-state index contributed by atoms with van der Waals surface area (Å²) in [6.45, 7) is 7.95. The van der Waals surface area contributed by atoms with Crippen molar-refractivity contribution in [2.75, 3.05) is 0 Å². The standard InChI is InChI=1S/C15H24O3/c1-10-5-4-7-14(3)8-6-12(9-15(10,14)18)11(2)13(16)17/h10,12,18H,2,4-9H2,1,3H3,(H,16,17). The lowest BCUT2D eigenvalue weighted by Gasteiger charge is -2.57. The number of carboxylic acids is 1. The van der Waals surface area contributed by atoms with E-state index >= 15 is 0 Å². The van der Waals surface area contributed by atoms with E-state index in [0.29, 0.717) is 6.42 Å². The van der Waals surface area contributed by atoms with Crippen molar-refractivity contribution >= 4 is 5.97 Å². The van der Waals surface area contributed by atoms with E-state index in [1.807, 2.05) is 0 Å². The van der Waals surface area contributed by atoms with E-state index in [9.17, 15) is 9.90 Å². The fourth-order valence-electron chi connectivity index (χ4n) is 4.08. The molecule has 2 fully saturated rings. The molecule has 18 heavy (non-hydrogen) atoms. The Labute approximate surface area is 109 Å². The van der Waals surface area contributed by atoms with E-state index in [1.54, 1.807) is 0 Å². The second-order valence-electron chi connectivity index (χ2n) is 6.55. The van der Waals surface area contributed by atoms with Gasteiger partial charge < -0.3 is 10.2 Å². The van der Waals surface area contributed by atoms with Crippen LogP contribution in [-0.2, 0) is 4.79 Å². The Kier molecular flexibility index (Phi) is 3.30. The van der Waals surface area contributed by atoms with Gasteiger partial charge in [0.15, 0.2) is 0 Å². The van der Waals surface area contributed by atoms with Crippen molar-refractivity contribution in [1.82, 2.24) is 0 Å². The zero-order valence-corrected chi connectivity index (χ0v) is 11.4. The molecule has 4 unspecified atom stereocenters. The van der Waals surface area contributed by atoms with Crippen LogP contribution < -0.4 is 0 Å². The van der Waals surface area contributed by atoms with Gasteiger partial charge in [-0.2, -0.15) is 0 Å². The van der Waals surface area contributed by atoms with Crippen LogP contribution in [0.3, 0.4) is 0 Å². The Bertz CT molecular complexity index is 376. The van der Waals surface area contributed by atoms with Crippen LogP contribution in [0, 0.1) is 17.3 Å². The highest BCUT2D eigenvalue weighted by Gasteiger charge is 2.55. The van der Waals surface area contributed by atoms with Gasteiger partial charge in [0.05, 0.1) is 5.60 Å². The molecule has 0 bridgehead atoms. The maximum Gasteiger partial charge on any atom is 0.331 e. The maximum atomic E-state index is 11.1. The number of fused-ring (bicyclic) bond motifs is 1. The first-order chi connectivity index (χ1) is 8.30. The van der Waals surface area contributed by atoms with Crippen LogP contribution in [0.15, 0.2) is 12.2 Å². The lowest BCUT2D eigenvalue weighted by molar-refractivity contribution is -0.174. The van der Waals surface area contributed by atoms with Crippen molar-refractivity contribution in [3.8, 4) is 0 Å². The van der Waals surface area contributed by atoms with Crippen molar-refractivity contribution in [3.05, 3.63) is 12.2 Å². The molecule has 0 amide bonds. The Morgan fingerprint density at radius 2 is 2.00 bits per heavy atom. The molecule has 4 atom stereocenters. The normalized spacial score (nSPS) is 44.2. The number of aliphatic hydroxyl groups is 1. The lowest BCUT2D eigenvalue weighted by Crippen LogP contribution is -2.57. The van der Waals surface area contributed by atoms with Gasteiger partial charge in [-0.1, -0.05) is 26.8 Å². The molecule has 102 valence electrons. The molecule has 2 rings (SSSR count). The summed E-state index contributed by atoms with van der Waals surface area (Å²) in [5, 5.41) is 20.1. The van der Waals surface area contributed by atoms with Gasteiger partial charge in [-0.3, -0.25) is 0 Å². The summed E-state index contributed by atoms with van der Waals surface area (Å²) in [4.78, 5) is 11.0. The molecule has 0 aromatic carbocycles. The summed E-state index contributed by atoms with van der Waals surface area (Å²) in [7, 11) is 0. The molecule has 2 N–H and O–H groups in total. The molecule has 2 saturated carbocycles. The monoisotopic (exact) mass is 252 g/mol. The SMILES string of the molecule is C=C(C(=O)O)C1CCC2(C)CCCC(C)C2(O)C1. The Morgan fingerprint density at radius 3 is 2.61 bits per heavy atom. The van der Waals surface area contributed by atoms with Crippen molar-refractivity contribution in [1.29, 1.82) is 0 Å². The third kappa shape index (κ3) is 1.89. The molecular formula is C15H24O3. The minimum absolute atomic E-state index is 0.0417. The topological polar surface area (TPSA) is 57.5 Å². The van der Waals surface area contributed by atoms with Gasteiger partial charge in [0, 0.05) is 5.57 Å². The van der Waals surface area contributed by atoms with Crippen LogP contribution in [0.5, 0.6) is 0 Å². The Balaban J connectivity index is 2.24. The molecule has 3 heteroatoms. The third-order valence-corrected chi connectivity index (χ3v) is 5.60. The van der Waals surface area contributed by atoms with E-state index in [-0.39, 0.29) is 22.8 Å². The summed E-state index contributed by atoms with van der Waals surface area (Å²) >= 11 is 0. The Hall–Kier alpha value is -0.830. The molecule has 0 spiro atoms. The average molecular weight is 252 g/mol. The summed E-state index contributed by atoms with van der Waals surface area (Å²) in [5.74, 6) is -0.738. The smallest absolute Gasteiger partial charge is 0.331 e. The van der Waals surface area contributed by atoms with Crippen LogP contribution >= 0.6 is 0 Å². The third-order valence-electron chi connectivity index (χ3n) is 5.60. The first-order valence-corrected chi connectivity index (χ1v) is 6.94. The largest absolute Gasteiger partial charge is 0.478 e. The van der Waals surface area contributed by atoms with Crippen molar-refractivity contribution in [2.24, 2.45) is 17.3 Å². The molecule has 0 heterocycles. The van der Waals surface area contributed by atoms with Gasteiger partial charge in [-0.05, 0) is 49.4 Å². The minimum atomic E-state index is -0.921. The van der Waals surface area contributed by atoms with Crippen molar-refractivity contribution in [3.63, 3.8) is 0 Å². The Morgan fingerprint density at radius 1 is 1.33 bits per heavy atom. The number of rotatable bonds is 2. The van der Waals surface area contributed by atoms with Gasteiger partial charge >= 0.3 is 5.97 Å². The van der Waals surface area contributed by atoms with Crippen LogP contribution in [-0.4, -0.2) is 21.8 Å². The summed E-state index contributed by atoms with van der Waals surface area (Å²) in [5.41, 5.74) is -0.491. The second kappa shape index (κ2) is 4.37. The maximum absolute atomic E-state index is 11.1. The van der Waals surface area contributed by atoms with Crippen LogP contribution in [0.25, 0.3) is 0 Å². The first kappa shape index (κ1) is 13.6. The number of carbonyl (C=O) groups is 1. The van der Waals surface area contributed by atoms with E-state index in [1.165, 1.54) is 6.42 Å². The molecule has 0 aromatic rings. The van der Waals surface area contributed by atoms with Gasteiger partial charge in [0.1, 0.15) is 0 Å². The molecule has 0 saturated heterocycles. The van der Waals surface area contributed by atoms with Crippen molar-refractivity contribution < 1.29 is 15.0 Å². The zero-order valence-electron chi connectivity index (χ0n) is 11.4. The number of hydrogen-bond acceptors (Lipinski definition) is 2. The highest BCUT2D eigenvalue weighted by Crippen LogP contribution is 2.57. The van der Waals surface area contributed by atoms with E-state index in [0.717, 1.165) is 25.7 Å². The van der Waals surface area contributed by atoms with Crippen molar-refractivity contribution in [2.45, 2.75) is 58.0 Å². The summed E-state index contributed by atoms with van der Waals surface area (Å²) in [6.07, 6.45) is 5.58. The zero-order chi connectivity index (χ0) is 13.6. The van der Waals surface area contributed by atoms with E-state index in [4.69, 9.17) is 5.11 Å². The molecule has 3 nitrogen and oxygen atoms in total. The average Bonchev–Trinajstić information content (AvgIpc) is 2.30. The van der Waals surface area contributed by atoms with Crippen LogP contribution in [0.4, 0.5) is 0 Å². The highest BCUT2D eigenvalue weighted by molar-refractivity contribution is 5.86. The molecule has 0 aliphatic heterocycles. The van der Waals surface area contributed by atoms with Gasteiger partial charge in [-0.25, -0.2) is 4.79 Å². The highest BCUT2D eigenvalue weighted by atomic mass is 16.4. The van der Waals surface area contributed by atoms with Gasteiger partial charge in [-0.15, -0.1) is 0 Å². The summed E-state index contributed by atoms with van der Waals surface area (Å²) < 4.78 is 0. The predicted octanol–water partition coefficient (Wildman–Crippen LogP) is 2.98. The van der Waals surface area contributed by atoms with Gasteiger partial charge in [0.2, 0.25) is 0 Å². The molecular weight excluding hydrogens is 228 g/mol. The van der Waals surface area contributed by atoms with Crippen LogP contribution in [0.2, 0.25) is 0 Å². The number of hydrogen-bond donors (Lipinski definition) is 2. The quantitative estimate of drug-likeness (QED) is 0.743. The molecule has 0 aromatic heterocycles. The molecule has 2 aliphatic rings. The van der Waals surface area contributed by atoms with E-state index in [2.05, 4.69) is 20.4 Å². The molecule has 0 radical (unpaired) electrons. The summed E-state index contributed by atoms with van der Waals surface area (Å²) in [6, 6.07) is 0. The minimum Gasteiger partial charge on any atom is -0.478 e. The van der Waals surface area contributed by atoms with Gasteiger partial charge in [0.25, 0.3) is 0 Å². The van der Waals surface area contributed by atoms with E-state index < -0.39 is 11.6 Å². The number of aliphatic carboxylic acids is 1. The fraction of sp³-hybridized carbons (Fsp3) is 0.800. The second-order valence-corrected chi connectivity index (χ2v) is 6.55. The van der Waals surface area contributed by atoms with Crippen LogP contribution in [0.1, 0.15) is 52.4 Å². The lowest BCUT2D eigenvalue weighted by atomic mass is 9.51. The number of carboxylic acid groups (broad SMARTS) is 1.